The van der Waals surface area contributed by atoms with E-state index in [-0.39, 0.29) is 18.3 Å². The summed E-state index contributed by atoms with van der Waals surface area (Å²) >= 11 is 0. The molecule has 0 aromatic heterocycles. The molecule has 0 bridgehead atoms. The van der Waals surface area contributed by atoms with Crippen molar-refractivity contribution in [2.75, 3.05) is 0 Å². The van der Waals surface area contributed by atoms with Crippen molar-refractivity contribution in [1.82, 2.24) is 0 Å². The van der Waals surface area contributed by atoms with E-state index in [9.17, 15) is 4.79 Å². The van der Waals surface area contributed by atoms with Crippen molar-refractivity contribution < 1.29 is 4.79 Å². The highest BCUT2D eigenvalue weighted by molar-refractivity contribution is 6.20. The number of aliphatic imine (C=N–C) groups is 1. The van der Waals surface area contributed by atoms with Gasteiger partial charge in [0.25, 0.3) is 5.91 Å². The lowest BCUT2D eigenvalue weighted by molar-refractivity contribution is 0.101. The predicted octanol–water partition coefficient (Wildman–Crippen LogP) is 2.07. The molecule has 1 aliphatic heterocycles. The Labute approximate surface area is 76.7 Å². The molecule has 2 rings (SSSR count). The van der Waals surface area contributed by atoms with E-state index in [0.717, 1.165) is 16.8 Å². The summed E-state index contributed by atoms with van der Waals surface area (Å²) in [5.74, 6) is -0.113. The molecule has 1 amide bonds. The van der Waals surface area contributed by atoms with Crippen molar-refractivity contribution in [3.63, 3.8) is 0 Å². The monoisotopic (exact) mass is 181 g/mol. The Bertz CT molecular complexity index is 357. The SMILES string of the molecule is CC1=NC(=O)c2ccccc21.Cl. The van der Waals surface area contributed by atoms with E-state index in [1.54, 1.807) is 6.07 Å². The van der Waals surface area contributed by atoms with Crippen molar-refractivity contribution >= 4 is 24.0 Å². The summed E-state index contributed by atoms with van der Waals surface area (Å²) in [6.07, 6.45) is 0. The first-order valence-corrected chi connectivity index (χ1v) is 3.48. The molecule has 0 N–H and O–H groups in total. The fraction of sp³-hybridized carbons (Fsp3) is 0.111. The summed E-state index contributed by atoms with van der Waals surface area (Å²) in [5.41, 5.74) is 2.52. The number of hydrogen-bond acceptors (Lipinski definition) is 1. The summed E-state index contributed by atoms with van der Waals surface area (Å²) in [6, 6.07) is 7.48. The highest BCUT2D eigenvalue weighted by Crippen LogP contribution is 2.17. The summed E-state index contributed by atoms with van der Waals surface area (Å²) < 4.78 is 0. The number of amides is 1. The van der Waals surface area contributed by atoms with E-state index < -0.39 is 0 Å². The van der Waals surface area contributed by atoms with Crippen LogP contribution in [0, 0.1) is 0 Å². The van der Waals surface area contributed by atoms with Gasteiger partial charge in [0, 0.05) is 11.3 Å². The van der Waals surface area contributed by atoms with Crippen LogP contribution in [0.3, 0.4) is 0 Å². The van der Waals surface area contributed by atoms with Crippen molar-refractivity contribution in [2.45, 2.75) is 6.92 Å². The minimum Gasteiger partial charge on any atom is -0.267 e. The highest BCUT2D eigenvalue weighted by atomic mass is 35.5. The Hall–Kier alpha value is -1.15. The molecule has 0 radical (unpaired) electrons. The van der Waals surface area contributed by atoms with Crippen LogP contribution in [0.1, 0.15) is 22.8 Å². The molecule has 62 valence electrons. The average Bonchev–Trinajstić information content (AvgIpc) is 2.30. The molecule has 1 aliphatic rings. The van der Waals surface area contributed by atoms with E-state index in [2.05, 4.69) is 4.99 Å². The summed E-state index contributed by atoms with van der Waals surface area (Å²) in [5, 5.41) is 0. The van der Waals surface area contributed by atoms with Gasteiger partial charge in [-0.3, -0.25) is 4.79 Å². The molecule has 0 fully saturated rings. The Morgan fingerprint density at radius 1 is 1.17 bits per heavy atom. The Kier molecular flexibility index (Phi) is 2.29. The van der Waals surface area contributed by atoms with Crippen molar-refractivity contribution in [3.05, 3.63) is 35.4 Å². The number of rotatable bonds is 0. The molecule has 1 aromatic carbocycles. The molecule has 12 heavy (non-hydrogen) atoms. The lowest BCUT2D eigenvalue weighted by Gasteiger charge is -1.93. The van der Waals surface area contributed by atoms with Gasteiger partial charge in [0.2, 0.25) is 0 Å². The number of hydrogen-bond donors (Lipinski definition) is 0. The Balaban J connectivity index is 0.000000720. The lowest BCUT2D eigenvalue weighted by Crippen LogP contribution is -1.91. The first-order valence-electron chi connectivity index (χ1n) is 3.48. The van der Waals surface area contributed by atoms with Crippen molar-refractivity contribution in [2.24, 2.45) is 4.99 Å². The van der Waals surface area contributed by atoms with Crippen molar-refractivity contribution in [1.29, 1.82) is 0 Å². The number of carbonyl (C=O) groups is 1. The molecule has 0 atom stereocenters. The van der Waals surface area contributed by atoms with Crippen LogP contribution < -0.4 is 0 Å². The number of halogens is 1. The average molecular weight is 182 g/mol. The standard InChI is InChI=1S/C9H7NO.ClH/c1-6-7-4-2-3-5-8(7)9(11)10-6;/h2-5H,1H3;1H. The van der Waals surface area contributed by atoms with Gasteiger partial charge in [0.05, 0.1) is 5.56 Å². The third-order valence-electron chi connectivity index (χ3n) is 1.82. The molecule has 1 heterocycles. The zero-order valence-corrected chi connectivity index (χ0v) is 7.39. The van der Waals surface area contributed by atoms with E-state index in [4.69, 9.17) is 0 Å². The van der Waals surface area contributed by atoms with E-state index in [1.165, 1.54) is 0 Å². The van der Waals surface area contributed by atoms with Gasteiger partial charge in [0.15, 0.2) is 0 Å². The molecule has 3 heteroatoms. The smallest absolute Gasteiger partial charge is 0.267 e. The fourth-order valence-electron chi connectivity index (χ4n) is 1.26. The minimum absolute atomic E-state index is 0. The number of nitrogens with zero attached hydrogens (tertiary/aromatic N) is 1. The topological polar surface area (TPSA) is 29.4 Å². The van der Waals surface area contributed by atoms with Crippen molar-refractivity contribution in [3.8, 4) is 0 Å². The second-order valence-electron chi connectivity index (χ2n) is 2.55. The van der Waals surface area contributed by atoms with Gasteiger partial charge in [-0.05, 0) is 13.0 Å². The molecule has 0 unspecified atom stereocenters. The van der Waals surface area contributed by atoms with Crippen LogP contribution in [0.5, 0.6) is 0 Å². The van der Waals surface area contributed by atoms with Crippen LogP contribution in [0.2, 0.25) is 0 Å². The molecular formula is C9H8ClNO. The number of fused-ring (bicyclic) bond motifs is 1. The fourth-order valence-corrected chi connectivity index (χ4v) is 1.26. The third-order valence-corrected chi connectivity index (χ3v) is 1.82. The number of benzene rings is 1. The molecule has 1 aromatic rings. The molecule has 0 aliphatic carbocycles. The van der Waals surface area contributed by atoms with Crippen LogP contribution in [-0.2, 0) is 0 Å². The molecule has 0 saturated heterocycles. The minimum atomic E-state index is -0.113. The van der Waals surface area contributed by atoms with Gasteiger partial charge in [0.1, 0.15) is 0 Å². The number of carbonyl (C=O) groups excluding carboxylic acids is 1. The predicted molar refractivity (Wildman–Crippen MR) is 50.2 cm³/mol. The summed E-state index contributed by atoms with van der Waals surface area (Å²) in [6.45, 7) is 1.85. The van der Waals surface area contributed by atoms with Gasteiger partial charge in [-0.15, -0.1) is 12.4 Å². The molecule has 2 nitrogen and oxygen atoms in total. The molecule has 0 spiro atoms. The highest BCUT2D eigenvalue weighted by Gasteiger charge is 2.18. The quantitative estimate of drug-likeness (QED) is 0.603. The van der Waals surface area contributed by atoms with Gasteiger partial charge >= 0.3 is 0 Å². The van der Waals surface area contributed by atoms with Crippen LogP contribution in [0.25, 0.3) is 0 Å². The Morgan fingerprint density at radius 3 is 2.33 bits per heavy atom. The van der Waals surface area contributed by atoms with Crippen LogP contribution >= 0.6 is 12.4 Å². The largest absolute Gasteiger partial charge is 0.277 e. The van der Waals surface area contributed by atoms with Crippen LogP contribution in [-0.4, -0.2) is 11.6 Å². The maximum absolute atomic E-state index is 11.1. The summed E-state index contributed by atoms with van der Waals surface area (Å²) in [4.78, 5) is 14.9. The van der Waals surface area contributed by atoms with Gasteiger partial charge in [-0.1, -0.05) is 18.2 Å². The second-order valence-corrected chi connectivity index (χ2v) is 2.55. The normalized spacial score (nSPS) is 13.4. The van der Waals surface area contributed by atoms with Gasteiger partial charge in [-0.2, -0.15) is 0 Å². The first kappa shape index (κ1) is 8.94. The third kappa shape index (κ3) is 1.14. The second kappa shape index (κ2) is 3.07. The summed E-state index contributed by atoms with van der Waals surface area (Å²) in [7, 11) is 0. The maximum atomic E-state index is 11.1. The van der Waals surface area contributed by atoms with E-state index in [0.29, 0.717) is 0 Å². The van der Waals surface area contributed by atoms with Crippen LogP contribution in [0.15, 0.2) is 29.3 Å². The van der Waals surface area contributed by atoms with Gasteiger partial charge < -0.3 is 0 Å². The maximum Gasteiger partial charge on any atom is 0.277 e. The molecular weight excluding hydrogens is 174 g/mol. The zero-order chi connectivity index (χ0) is 7.84. The molecule has 0 saturated carbocycles. The van der Waals surface area contributed by atoms with E-state index >= 15 is 0 Å². The lowest BCUT2D eigenvalue weighted by atomic mass is 10.1. The van der Waals surface area contributed by atoms with Gasteiger partial charge in [-0.25, -0.2) is 4.99 Å². The first-order chi connectivity index (χ1) is 5.29. The Morgan fingerprint density at radius 2 is 1.75 bits per heavy atom. The zero-order valence-electron chi connectivity index (χ0n) is 6.57. The van der Waals surface area contributed by atoms with Crippen LogP contribution in [0.4, 0.5) is 0 Å². The van der Waals surface area contributed by atoms with E-state index in [1.807, 2.05) is 25.1 Å².